The van der Waals surface area contributed by atoms with E-state index in [4.69, 9.17) is 9.47 Å². The molecule has 2 aromatic rings. The Balaban J connectivity index is 1.39. The van der Waals surface area contributed by atoms with Crippen molar-refractivity contribution in [2.45, 2.75) is 25.8 Å². The fourth-order valence-corrected chi connectivity index (χ4v) is 2.73. The second-order valence-electron chi connectivity index (χ2n) is 6.11. The number of urea groups is 1. The van der Waals surface area contributed by atoms with Crippen LogP contribution < -0.4 is 20.1 Å². The predicted octanol–water partition coefficient (Wildman–Crippen LogP) is 2.59. The van der Waals surface area contributed by atoms with Crippen LogP contribution in [0.5, 0.6) is 17.2 Å². The molecule has 0 radical (unpaired) electrons. The molecule has 0 fully saturated rings. The zero-order valence-corrected chi connectivity index (χ0v) is 14.1. The van der Waals surface area contributed by atoms with E-state index in [1.165, 1.54) is 0 Å². The molecule has 1 aliphatic rings. The number of carbonyl (C=O) groups excluding carboxylic acids is 1. The first-order chi connectivity index (χ1) is 12.1. The van der Waals surface area contributed by atoms with Gasteiger partial charge in [-0.15, -0.1) is 0 Å². The third-order valence-electron chi connectivity index (χ3n) is 3.99. The van der Waals surface area contributed by atoms with Gasteiger partial charge in [0, 0.05) is 12.6 Å². The number of carbonyl (C=O) groups is 1. The minimum Gasteiger partial charge on any atom is -0.508 e. The molecule has 2 amide bonds. The van der Waals surface area contributed by atoms with E-state index in [0.29, 0.717) is 13.0 Å². The van der Waals surface area contributed by atoms with Gasteiger partial charge in [-0.05, 0) is 55.2 Å². The van der Waals surface area contributed by atoms with E-state index in [1.54, 1.807) is 12.1 Å². The standard InChI is InChI=1S/C19H22N2O4/c1-13(10-14-2-5-16(22)6-3-14)21-19(23)20-9-8-15-4-7-17-18(11-15)25-12-24-17/h2-7,11,13,22H,8-10,12H2,1H3,(H2,20,21,23). The van der Waals surface area contributed by atoms with Crippen LogP contribution in [0, 0.1) is 0 Å². The summed E-state index contributed by atoms with van der Waals surface area (Å²) in [5.41, 5.74) is 2.15. The molecule has 1 aliphatic heterocycles. The summed E-state index contributed by atoms with van der Waals surface area (Å²) in [6, 6.07) is 12.6. The lowest BCUT2D eigenvalue weighted by molar-refractivity contribution is 0.174. The van der Waals surface area contributed by atoms with E-state index in [1.807, 2.05) is 37.3 Å². The van der Waals surface area contributed by atoms with Crippen LogP contribution in [0.15, 0.2) is 42.5 Å². The molecule has 1 atom stereocenters. The topological polar surface area (TPSA) is 79.8 Å². The summed E-state index contributed by atoms with van der Waals surface area (Å²) in [6.45, 7) is 2.75. The first kappa shape index (κ1) is 17.0. The first-order valence-corrected chi connectivity index (χ1v) is 8.31. The number of amides is 2. The van der Waals surface area contributed by atoms with Crippen LogP contribution >= 0.6 is 0 Å². The summed E-state index contributed by atoms with van der Waals surface area (Å²) in [5.74, 6) is 1.76. The summed E-state index contributed by atoms with van der Waals surface area (Å²) in [4.78, 5) is 12.0. The predicted molar refractivity (Wildman–Crippen MR) is 94.1 cm³/mol. The molecule has 0 aliphatic carbocycles. The largest absolute Gasteiger partial charge is 0.508 e. The van der Waals surface area contributed by atoms with E-state index in [9.17, 15) is 9.90 Å². The lowest BCUT2D eigenvalue weighted by Gasteiger charge is -2.15. The van der Waals surface area contributed by atoms with Crippen LogP contribution in [0.1, 0.15) is 18.1 Å². The number of rotatable bonds is 6. The molecular weight excluding hydrogens is 320 g/mol. The molecule has 3 N–H and O–H groups in total. The van der Waals surface area contributed by atoms with Crippen molar-refractivity contribution in [1.29, 1.82) is 0 Å². The van der Waals surface area contributed by atoms with Crippen molar-refractivity contribution in [2.24, 2.45) is 0 Å². The average Bonchev–Trinajstić information content (AvgIpc) is 3.04. The number of hydrogen-bond donors (Lipinski definition) is 3. The number of hydrogen-bond acceptors (Lipinski definition) is 4. The lowest BCUT2D eigenvalue weighted by Crippen LogP contribution is -2.42. The minimum absolute atomic E-state index is 0.00455. The molecule has 0 spiro atoms. The van der Waals surface area contributed by atoms with Gasteiger partial charge in [-0.1, -0.05) is 18.2 Å². The van der Waals surface area contributed by atoms with Gasteiger partial charge in [0.25, 0.3) is 0 Å². The van der Waals surface area contributed by atoms with Crippen molar-refractivity contribution in [3.05, 3.63) is 53.6 Å². The maximum absolute atomic E-state index is 12.0. The Morgan fingerprint density at radius 2 is 1.84 bits per heavy atom. The van der Waals surface area contributed by atoms with E-state index in [-0.39, 0.29) is 24.6 Å². The Labute approximate surface area is 146 Å². The van der Waals surface area contributed by atoms with Crippen LogP contribution in [0.2, 0.25) is 0 Å². The van der Waals surface area contributed by atoms with Crippen molar-refractivity contribution >= 4 is 6.03 Å². The minimum atomic E-state index is -0.188. The van der Waals surface area contributed by atoms with Crippen molar-refractivity contribution in [1.82, 2.24) is 10.6 Å². The Bertz CT molecular complexity index is 731. The zero-order chi connectivity index (χ0) is 17.6. The second-order valence-corrected chi connectivity index (χ2v) is 6.11. The van der Waals surface area contributed by atoms with Crippen LogP contribution in [0.4, 0.5) is 4.79 Å². The molecule has 25 heavy (non-hydrogen) atoms. The summed E-state index contributed by atoms with van der Waals surface area (Å²) in [5, 5.41) is 15.1. The summed E-state index contributed by atoms with van der Waals surface area (Å²) in [7, 11) is 0. The van der Waals surface area contributed by atoms with Gasteiger partial charge in [-0.2, -0.15) is 0 Å². The molecule has 1 heterocycles. The van der Waals surface area contributed by atoms with Gasteiger partial charge in [0.2, 0.25) is 6.79 Å². The number of phenols is 1. The highest BCUT2D eigenvalue weighted by Crippen LogP contribution is 2.32. The molecule has 2 aromatic carbocycles. The molecule has 0 aromatic heterocycles. The fraction of sp³-hybridized carbons (Fsp3) is 0.316. The van der Waals surface area contributed by atoms with Gasteiger partial charge in [-0.3, -0.25) is 0 Å². The molecule has 6 nitrogen and oxygen atoms in total. The third-order valence-corrected chi connectivity index (χ3v) is 3.99. The first-order valence-electron chi connectivity index (χ1n) is 8.31. The molecule has 3 rings (SSSR count). The van der Waals surface area contributed by atoms with Gasteiger partial charge < -0.3 is 25.2 Å². The van der Waals surface area contributed by atoms with Crippen molar-refractivity contribution in [3.63, 3.8) is 0 Å². The maximum Gasteiger partial charge on any atom is 0.315 e. The Morgan fingerprint density at radius 1 is 1.12 bits per heavy atom. The van der Waals surface area contributed by atoms with Crippen molar-refractivity contribution < 1.29 is 19.4 Å². The number of fused-ring (bicyclic) bond motifs is 1. The quantitative estimate of drug-likeness (QED) is 0.754. The Hall–Kier alpha value is -2.89. The SMILES string of the molecule is CC(Cc1ccc(O)cc1)NC(=O)NCCc1ccc2c(c1)OCO2. The van der Waals surface area contributed by atoms with E-state index in [0.717, 1.165) is 29.0 Å². The molecular formula is C19H22N2O4. The lowest BCUT2D eigenvalue weighted by atomic mass is 10.1. The van der Waals surface area contributed by atoms with Gasteiger partial charge >= 0.3 is 6.03 Å². The molecule has 0 saturated heterocycles. The Morgan fingerprint density at radius 3 is 2.64 bits per heavy atom. The molecule has 0 saturated carbocycles. The number of benzene rings is 2. The van der Waals surface area contributed by atoms with Gasteiger partial charge in [-0.25, -0.2) is 4.79 Å². The van der Waals surface area contributed by atoms with Crippen LogP contribution in [-0.2, 0) is 12.8 Å². The number of nitrogens with one attached hydrogen (secondary N) is 2. The van der Waals surface area contributed by atoms with Gasteiger partial charge in [0.1, 0.15) is 5.75 Å². The Kier molecular flexibility index (Phi) is 5.28. The van der Waals surface area contributed by atoms with E-state index < -0.39 is 0 Å². The zero-order valence-electron chi connectivity index (χ0n) is 14.1. The smallest absolute Gasteiger partial charge is 0.315 e. The van der Waals surface area contributed by atoms with Gasteiger partial charge in [0.05, 0.1) is 0 Å². The average molecular weight is 342 g/mol. The molecule has 1 unspecified atom stereocenters. The third kappa shape index (κ3) is 4.79. The molecule has 0 bridgehead atoms. The number of aromatic hydroxyl groups is 1. The van der Waals surface area contributed by atoms with Crippen molar-refractivity contribution in [2.75, 3.05) is 13.3 Å². The monoisotopic (exact) mass is 342 g/mol. The van der Waals surface area contributed by atoms with Crippen LogP contribution in [0.25, 0.3) is 0 Å². The number of ether oxygens (including phenoxy) is 2. The molecule has 132 valence electrons. The van der Waals surface area contributed by atoms with E-state index in [2.05, 4.69) is 10.6 Å². The maximum atomic E-state index is 12.0. The van der Waals surface area contributed by atoms with E-state index >= 15 is 0 Å². The molecule has 6 heteroatoms. The number of phenolic OH excluding ortho intramolecular Hbond substituents is 1. The van der Waals surface area contributed by atoms with Crippen LogP contribution in [-0.4, -0.2) is 30.5 Å². The van der Waals surface area contributed by atoms with Crippen molar-refractivity contribution in [3.8, 4) is 17.2 Å². The normalized spacial score (nSPS) is 13.3. The van der Waals surface area contributed by atoms with Crippen LogP contribution in [0.3, 0.4) is 0 Å². The second kappa shape index (κ2) is 7.79. The summed E-state index contributed by atoms with van der Waals surface area (Å²) >= 11 is 0. The highest BCUT2D eigenvalue weighted by molar-refractivity contribution is 5.74. The fourth-order valence-electron chi connectivity index (χ4n) is 2.73. The highest BCUT2D eigenvalue weighted by Gasteiger charge is 2.13. The summed E-state index contributed by atoms with van der Waals surface area (Å²) in [6.07, 6.45) is 1.42. The highest BCUT2D eigenvalue weighted by atomic mass is 16.7. The summed E-state index contributed by atoms with van der Waals surface area (Å²) < 4.78 is 10.6. The van der Waals surface area contributed by atoms with Gasteiger partial charge in [0.15, 0.2) is 11.5 Å².